The third-order valence-electron chi connectivity index (χ3n) is 4.27. The van der Waals surface area contributed by atoms with E-state index in [4.69, 9.17) is 39.5 Å². The summed E-state index contributed by atoms with van der Waals surface area (Å²) in [6, 6.07) is 16.1. The van der Waals surface area contributed by atoms with Crippen LogP contribution >= 0.6 is 34.8 Å². The molecule has 0 atom stereocenters. The van der Waals surface area contributed by atoms with Crippen LogP contribution in [0.25, 0.3) is 0 Å². The molecule has 31 heavy (non-hydrogen) atoms. The number of nitrogens with zero attached hydrogens (tertiary/aromatic N) is 4. The van der Waals surface area contributed by atoms with Crippen LogP contribution in [0.2, 0.25) is 15.1 Å². The van der Waals surface area contributed by atoms with Crippen LogP contribution in [0.5, 0.6) is 5.75 Å². The van der Waals surface area contributed by atoms with Crippen molar-refractivity contribution in [1.82, 2.24) is 19.6 Å². The molecule has 0 saturated heterocycles. The summed E-state index contributed by atoms with van der Waals surface area (Å²) in [7, 11) is 0. The van der Waals surface area contributed by atoms with Crippen molar-refractivity contribution in [2.45, 2.75) is 13.3 Å². The number of benzene rings is 2. The number of halogens is 3. The van der Waals surface area contributed by atoms with E-state index in [2.05, 4.69) is 15.5 Å². The third-order valence-corrected chi connectivity index (χ3v) is 5.11. The van der Waals surface area contributed by atoms with Crippen molar-refractivity contribution in [3.63, 3.8) is 0 Å². The van der Waals surface area contributed by atoms with Gasteiger partial charge in [0.25, 0.3) is 5.91 Å². The Balaban J connectivity index is 1.38. The van der Waals surface area contributed by atoms with Gasteiger partial charge in [-0.1, -0.05) is 59.1 Å². The molecule has 0 spiro atoms. The molecule has 2 aromatic heterocycles. The Morgan fingerprint density at radius 1 is 0.935 bits per heavy atom. The maximum atomic E-state index is 12.5. The lowest BCUT2D eigenvalue weighted by Crippen LogP contribution is -2.15. The molecule has 0 saturated carbocycles. The molecule has 0 radical (unpaired) electrons. The largest absolute Gasteiger partial charge is 0.470 e. The van der Waals surface area contributed by atoms with Gasteiger partial charge >= 0.3 is 0 Å². The molecule has 2 heterocycles. The topological polar surface area (TPSA) is 74.0 Å². The monoisotopic (exact) mass is 475 g/mol. The highest BCUT2D eigenvalue weighted by Gasteiger charge is 2.15. The Bertz CT molecular complexity index is 1200. The second-order valence-electron chi connectivity index (χ2n) is 6.55. The molecule has 1 N–H and O–H groups in total. The lowest BCUT2D eigenvalue weighted by Gasteiger charge is -2.07. The zero-order valence-electron chi connectivity index (χ0n) is 16.0. The quantitative estimate of drug-likeness (QED) is 0.389. The van der Waals surface area contributed by atoms with E-state index in [1.807, 2.05) is 24.3 Å². The molecular formula is C21H16Cl3N5O2. The lowest BCUT2D eigenvalue weighted by atomic mass is 10.2. The first-order chi connectivity index (χ1) is 15.0. The average Bonchev–Trinajstić information content (AvgIpc) is 3.36. The SMILES string of the molecule is O=C(Nc1nn(Cc2ccc(Cl)cc2)cc1Cl)c1ccn(COc2ccccc2Cl)n1. The van der Waals surface area contributed by atoms with Gasteiger partial charge < -0.3 is 10.1 Å². The molecule has 7 nitrogen and oxygen atoms in total. The highest BCUT2D eigenvalue weighted by atomic mass is 35.5. The lowest BCUT2D eigenvalue weighted by molar-refractivity contribution is 0.101. The van der Waals surface area contributed by atoms with Crippen molar-refractivity contribution in [3.05, 3.63) is 93.3 Å². The Hall–Kier alpha value is -3.00. The molecule has 0 aliphatic heterocycles. The fourth-order valence-electron chi connectivity index (χ4n) is 2.76. The minimum Gasteiger partial charge on any atom is -0.470 e. The van der Waals surface area contributed by atoms with Crippen molar-refractivity contribution in [3.8, 4) is 5.75 Å². The number of para-hydroxylation sites is 1. The average molecular weight is 477 g/mol. The van der Waals surface area contributed by atoms with E-state index in [9.17, 15) is 4.79 Å². The van der Waals surface area contributed by atoms with Gasteiger partial charge in [-0.05, 0) is 35.9 Å². The second kappa shape index (κ2) is 9.43. The third kappa shape index (κ3) is 5.38. The number of ether oxygens (including phenoxy) is 1. The van der Waals surface area contributed by atoms with E-state index in [0.29, 0.717) is 27.4 Å². The molecule has 158 valence electrons. The second-order valence-corrected chi connectivity index (χ2v) is 7.80. The minimum absolute atomic E-state index is 0.105. The Morgan fingerprint density at radius 2 is 1.71 bits per heavy atom. The maximum absolute atomic E-state index is 12.5. The van der Waals surface area contributed by atoms with E-state index in [0.717, 1.165) is 5.56 Å². The molecular weight excluding hydrogens is 461 g/mol. The number of rotatable bonds is 7. The first-order valence-corrected chi connectivity index (χ1v) is 10.3. The Labute approximate surface area is 193 Å². The van der Waals surface area contributed by atoms with Crippen LogP contribution in [-0.2, 0) is 13.3 Å². The summed E-state index contributed by atoms with van der Waals surface area (Å²) in [6.45, 7) is 0.592. The zero-order valence-corrected chi connectivity index (χ0v) is 18.3. The van der Waals surface area contributed by atoms with Crippen LogP contribution in [0, 0.1) is 0 Å². The minimum atomic E-state index is -0.435. The summed E-state index contributed by atoms with van der Waals surface area (Å²) in [5.74, 6) is 0.348. The van der Waals surface area contributed by atoms with E-state index in [-0.39, 0.29) is 18.2 Å². The number of aromatic nitrogens is 4. The molecule has 1 amide bonds. The normalized spacial score (nSPS) is 10.8. The number of carbonyl (C=O) groups excluding carboxylic acids is 1. The van der Waals surface area contributed by atoms with Crippen LogP contribution < -0.4 is 10.1 Å². The Kier molecular flexibility index (Phi) is 6.46. The van der Waals surface area contributed by atoms with Crippen molar-refractivity contribution in [2.24, 2.45) is 0 Å². The van der Waals surface area contributed by atoms with E-state index in [1.165, 1.54) is 4.68 Å². The van der Waals surface area contributed by atoms with Gasteiger partial charge in [0.05, 0.1) is 11.6 Å². The molecule has 0 unspecified atom stereocenters. The van der Waals surface area contributed by atoms with Gasteiger partial charge in [0.1, 0.15) is 10.8 Å². The van der Waals surface area contributed by atoms with Crippen molar-refractivity contribution < 1.29 is 9.53 Å². The van der Waals surface area contributed by atoms with E-state index in [1.54, 1.807) is 47.4 Å². The van der Waals surface area contributed by atoms with Gasteiger partial charge in [-0.25, -0.2) is 4.68 Å². The molecule has 0 aliphatic carbocycles. The van der Waals surface area contributed by atoms with E-state index >= 15 is 0 Å². The Morgan fingerprint density at radius 3 is 2.48 bits per heavy atom. The predicted molar refractivity (Wildman–Crippen MR) is 120 cm³/mol. The number of nitrogens with one attached hydrogen (secondary N) is 1. The molecule has 2 aromatic carbocycles. The highest BCUT2D eigenvalue weighted by Crippen LogP contribution is 2.23. The first-order valence-electron chi connectivity index (χ1n) is 9.17. The predicted octanol–water partition coefficient (Wildman–Crippen LogP) is 5.38. The summed E-state index contributed by atoms with van der Waals surface area (Å²) in [6.07, 6.45) is 3.27. The number of carbonyl (C=O) groups is 1. The van der Waals surface area contributed by atoms with Gasteiger partial charge in [-0.3, -0.25) is 9.48 Å². The fraction of sp³-hybridized carbons (Fsp3) is 0.0952. The molecule has 0 bridgehead atoms. The molecule has 0 aliphatic rings. The van der Waals surface area contributed by atoms with Crippen LogP contribution in [0.4, 0.5) is 5.82 Å². The van der Waals surface area contributed by atoms with Gasteiger partial charge in [0.2, 0.25) is 0 Å². The van der Waals surface area contributed by atoms with Crippen LogP contribution in [0.3, 0.4) is 0 Å². The number of hydrogen-bond donors (Lipinski definition) is 1. The van der Waals surface area contributed by atoms with Gasteiger partial charge in [-0.15, -0.1) is 0 Å². The standard InChI is InChI=1S/C21H16Cl3N5O2/c22-15-7-5-14(6-8-15)11-29-12-17(24)20(27-29)25-21(30)18-9-10-28(26-18)13-31-19-4-2-1-3-16(19)23/h1-10,12H,11,13H2,(H,25,27,30). The van der Waals surface area contributed by atoms with Crippen molar-refractivity contribution in [1.29, 1.82) is 0 Å². The zero-order chi connectivity index (χ0) is 21.8. The van der Waals surface area contributed by atoms with Crippen LogP contribution in [0.15, 0.2) is 67.0 Å². The summed E-state index contributed by atoms with van der Waals surface area (Å²) < 4.78 is 8.73. The molecule has 4 rings (SSSR count). The molecule has 4 aromatic rings. The smallest absolute Gasteiger partial charge is 0.277 e. The van der Waals surface area contributed by atoms with E-state index < -0.39 is 5.91 Å². The first kappa shape index (κ1) is 21.2. The van der Waals surface area contributed by atoms with Gasteiger partial charge in [-0.2, -0.15) is 10.2 Å². The number of anilines is 1. The van der Waals surface area contributed by atoms with Crippen LogP contribution in [0.1, 0.15) is 16.1 Å². The van der Waals surface area contributed by atoms with Crippen LogP contribution in [-0.4, -0.2) is 25.5 Å². The van der Waals surface area contributed by atoms with Gasteiger partial charge in [0, 0.05) is 17.4 Å². The summed E-state index contributed by atoms with van der Waals surface area (Å²) in [4.78, 5) is 12.5. The summed E-state index contributed by atoms with van der Waals surface area (Å²) in [5, 5.41) is 12.7. The fourth-order valence-corrected chi connectivity index (χ4v) is 3.28. The number of amides is 1. The molecule has 10 heteroatoms. The summed E-state index contributed by atoms with van der Waals surface area (Å²) >= 11 is 18.2. The molecule has 0 fully saturated rings. The van der Waals surface area contributed by atoms with Crippen molar-refractivity contribution >= 4 is 46.5 Å². The highest BCUT2D eigenvalue weighted by molar-refractivity contribution is 6.33. The number of hydrogen-bond acceptors (Lipinski definition) is 4. The summed E-state index contributed by atoms with van der Waals surface area (Å²) in [5.41, 5.74) is 1.20. The van der Waals surface area contributed by atoms with Gasteiger partial charge in [0.15, 0.2) is 18.2 Å². The maximum Gasteiger partial charge on any atom is 0.277 e. The van der Waals surface area contributed by atoms with Crippen molar-refractivity contribution in [2.75, 3.05) is 5.32 Å².